The van der Waals surface area contributed by atoms with E-state index in [1.54, 1.807) is 24.4 Å². The molecule has 0 atom stereocenters. The van der Waals surface area contributed by atoms with E-state index in [1.807, 2.05) is 44.2 Å². The minimum Gasteiger partial charge on any atom is -0.485 e. The lowest BCUT2D eigenvalue weighted by atomic mass is 10.2. The predicted octanol–water partition coefficient (Wildman–Crippen LogP) is 3.97. The molecule has 7 nitrogen and oxygen atoms in total. The van der Waals surface area contributed by atoms with Gasteiger partial charge in [-0.25, -0.2) is 4.98 Å². The number of nitrogens with zero attached hydrogens (tertiary/aromatic N) is 2. The van der Waals surface area contributed by atoms with Crippen molar-refractivity contribution in [1.82, 2.24) is 9.38 Å². The van der Waals surface area contributed by atoms with Crippen molar-refractivity contribution < 1.29 is 14.3 Å². The number of nitrogens with one attached hydrogen (secondary N) is 1. The van der Waals surface area contributed by atoms with Crippen LogP contribution in [-0.4, -0.2) is 21.9 Å². The van der Waals surface area contributed by atoms with Gasteiger partial charge in [-0.15, -0.1) is 11.3 Å². The van der Waals surface area contributed by atoms with E-state index in [1.165, 1.54) is 21.8 Å². The Labute approximate surface area is 182 Å². The number of amides is 1. The summed E-state index contributed by atoms with van der Waals surface area (Å²) in [5, 5.41) is 2.82. The third-order valence-corrected chi connectivity index (χ3v) is 5.33. The molecule has 4 rings (SSSR count). The van der Waals surface area contributed by atoms with Crippen molar-refractivity contribution in [3.05, 3.63) is 87.3 Å². The van der Waals surface area contributed by atoms with Crippen molar-refractivity contribution in [2.75, 3.05) is 11.9 Å². The van der Waals surface area contributed by atoms with E-state index in [4.69, 9.17) is 9.47 Å². The van der Waals surface area contributed by atoms with E-state index in [-0.39, 0.29) is 24.7 Å². The Morgan fingerprint density at radius 2 is 1.90 bits per heavy atom. The van der Waals surface area contributed by atoms with E-state index in [0.717, 1.165) is 10.4 Å². The van der Waals surface area contributed by atoms with Gasteiger partial charge in [-0.2, -0.15) is 0 Å². The zero-order chi connectivity index (χ0) is 21.8. The number of fused-ring (bicyclic) bond motifs is 1. The molecule has 0 unspecified atom stereocenters. The minimum absolute atomic E-state index is 0.107. The van der Waals surface area contributed by atoms with Gasteiger partial charge in [0.1, 0.15) is 18.1 Å². The van der Waals surface area contributed by atoms with Crippen LogP contribution in [0.2, 0.25) is 0 Å². The molecule has 0 bridgehead atoms. The quantitative estimate of drug-likeness (QED) is 0.475. The zero-order valence-corrected chi connectivity index (χ0v) is 17.9. The van der Waals surface area contributed by atoms with Crippen molar-refractivity contribution in [3.8, 4) is 11.5 Å². The van der Waals surface area contributed by atoms with Gasteiger partial charge in [0.15, 0.2) is 11.6 Å². The number of hydrogen-bond acceptors (Lipinski definition) is 6. The molecule has 2 aromatic heterocycles. The van der Waals surface area contributed by atoms with Crippen molar-refractivity contribution in [2.24, 2.45) is 0 Å². The first kappa shape index (κ1) is 20.6. The molecule has 4 aromatic rings. The van der Waals surface area contributed by atoms with E-state index < -0.39 is 0 Å². The van der Waals surface area contributed by atoms with Gasteiger partial charge in [-0.05, 0) is 43.7 Å². The SMILES string of the molecule is Cc1ccc(NC(=O)COc2ccccc2)c(OCc2cc(=O)n3cc(C)sc3n2)c1. The van der Waals surface area contributed by atoms with Gasteiger partial charge in [-0.3, -0.25) is 14.0 Å². The van der Waals surface area contributed by atoms with Crippen LogP contribution in [0.15, 0.2) is 65.6 Å². The van der Waals surface area contributed by atoms with Crippen LogP contribution in [0.3, 0.4) is 0 Å². The van der Waals surface area contributed by atoms with Crippen LogP contribution in [0.1, 0.15) is 16.1 Å². The molecule has 1 N–H and O–H groups in total. The van der Waals surface area contributed by atoms with Gasteiger partial charge in [0.25, 0.3) is 11.5 Å². The average Bonchev–Trinajstić information content (AvgIpc) is 3.14. The maximum atomic E-state index is 12.3. The van der Waals surface area contributed by atoms with Crippen LogP contribution in [0.5, 0.6) is 11.5 Å². The molecule has 2 heterocycles. The van der Waals surface area contributed by atoms with Gasteiger partial charge in [-0.1, -0.05) is 24.3 Å². The Hall–Kier alpha value is -3.65. The second kappa shape index (κ2) is 9.01. The number of ether oxygens (including phenoxy) is 2. The summed E-state index contributed by atoms with van der Waals surface area (Å²) >= 11 is 1.45. The van der Waals surface area contributed by atoms with Crippen LogP contribution in [0.25, 0.3) is 4.96 Å². The molecule has 31 heavy (non-hydrogen) atoms. The van der Waals surface area contributed by atoms with Gasteiger partial charge in [0.05, 0.1) is 11.4 Å². The topological polar surface area (TPSA) is 81.9 Å². The number of para-hydroxylation sites is 1. The largest absolute Gasteiger partial charge is 0.485 e. The number of carbonyl (C=O) groups excluding carboxylic acids is 1. The summed E-state index contributed by atoms with van der Waals surface area (Å²) in [6.45, 7) is 3.85. The summed E-state index contributed by atoms with van der Waals surface area (Å²) in [5.41, 5.74) is 1.88. The van der Waals surface area contributed by atoms with Crippen molar-refractivity contribution in [3.63, 3.8) is 0 Å². The van der Waals surface area contributed by atoms with Crippen molar-refractivity contribution in [1.29, 1.82) is 0 Å². The van der Waals surface area contributed by atoms with Gasteiger partial charge >= 0.3 is 0 Å². The molecule has 158 valence electrons. The second-order valence-corrected chi connectivity index (χ2v) is 8.23. The number of carbonyl (C=O) groups is 1. The molecule has 0 radical (unpaired) electrons. The van der Waals surface area contributed by atoms with E-state index >= 15 is 0 Å². The average molecular weight is 436 g/mol. The highest BCUT2D eigenvalue weighted by atomic mass is 32.1. The Balaban J connectivity index is 1.45. The highest BCUT2D eigenvalue weighted by Gasteiger charge is 2.11. The summed E-state index contributed by atoms with van der Waals surface area (Å²) in [6.07, 6.45) is 1.77. The van der Waals surface area contributed by atoms with Crippen LogP contribution in [0, 0.1) is 13.8 Å². The molecule has 0 spiro atoms. The number of aryl methyl sites for hydroxylation is 2. The molecule has 0 aliphatic heterocycles. The van der Waals surface area contributed by atoms with E-state index in [0.29, 0.717) is 27.8 Å². The lowest BCUT2D eigenvalue weighted by Crippen LogP contribution is -2.20. The summed E-state index contributed by atoms with van der Waals surface area (Å²) in [5.74, 6) is 0.816. The Morgan fingerprint density at radius 1 is 1.10 bits per heavy atom. The first-order valence-electron chi connectivity index (χ1n) is 9.68. The fraction of sp³-hybridized carbons (Fsp3) is 0.174. The van der Waals surface area contributed by atoms with E-state index in [2.05, 4.69) is 10.3 Å². The minimum atomic E-state index is -0.301. The number of thiazole rings is 1. The molecule has 0 saturated carbocycles. The summed E-state index contributed by atoms with van der Waals surface area (Å²) in [4.78, 5) is 30.8. The number of rotatable bonds is 7. The summed E-state index contributed by atoms with van der Waals surface area (Å²) in [6, 6.07) is 16.1. The molecular weight excluding hydrogens is 414 g/mol. The normalized spacial score (nSPS) is 10.8. The fourth-order valence-corrected chi connectivity index (χ4v) is 3.84. The molecular formula is C23H21N3O4S. The van der Waals surface area contributed by atoms with Gasteiger partial charge in [0, 0.05) is 17.1 Å². The first-order valence-corrected chi connectivity index (χ1v) is 10.5. The molecule has 2 aromatic carbocycles. The monoisotopic (exact) mass is 435 g/mol. The molecule has 0 fully saturated rings. The number of hydrogen-bond donors (Lipinski definition) is 1. The lowest BCUT2D eigenvalue weighted by Gasteiger charge is -2.14. The zero-order valence-electron chi connectivity index (χ0n) is 17.1. The third kappa shape index (κ3) is 5.10. The number of aromatic nitrogens is 2. The van der Waals surface area contributed by atoms with Crippen LogP contribution >= 0.6 is 11.3 Å². The van der Waals surface area contributed by atoms with E-state index in [9.17, 15) is 9.59 Å². The number of anilines is 1. The molecule has 0 aliphatic carbocycles. The van der Waals surface area contributed by atoms with Gasteiger partial charge in [0.2, 0.25) is 0 Å². The Bertz CT molecular complexity index is 1280. The van der Waals surface area contributed by atoms with Crippen molar-refractivity contribution >= 4 is 27.9 Å². The summed E-state index contributed by atoms with van der Waals surface area (Å²) < 4.78 is 12.9. The Kier molecular flexibility index (Phi) is 5.99. The predicted molar refractivity (Wildman–Crippen MR) is 120 cm³/mol. The molecule has 0 saturated heterocycles. The highest BCUT2D eigenvalue weighted by molar-refractivity contribution is 7.16. The maximum absolute atomic E-state index is 12.3. The fourth-order valence-electron chi connectivity index (χ4n) is 2.99. The van der Waals surface area contributed by atoms with Crippen molar-refractivity contribution in [2.45, 2.75) is 20.5 Å². The van der Waals surface area contributed by atoms with Crippen LogP contribution in [-0.2, 0) is 11.4 Å². The first-order chi connectivity index (χ1) is 15.0. The summed E-state index contributed by atoms with van der Waals surface area (Å²) in [7, 11) is 0. The molecule has 8 heteroatoms. The Morgan fingerprint density at radius 3 is 2.71 bits per heavy atom. The highest BCUT2D eigenvalue weighted by Crippen LogP contribution is 2.27. The van der Waals surface area contributed by atoms with Gasteiger partial charge < -0.3 is 14.8 Å². The standard InChI is InChI=1S/C23H21N3O4S/c1-15-8-9-19(25-21(27)14-29-18-6-4-3-5-7-18)20(10-15)30-13-17-11-22(28)26-12-16(2)31-23(26)24-17/h3-12H,13-14H2,1-2H3,(H,25,27). The maximum Gasteiger partial charge on any atom is 0.262 e. The smallest absolute Gasteiger partial charge is 0.262 e. The van der Waals surface area contributed by atoms with Crippen LogP contribution < -0.4 is 20.3 Å². The molecule has 1 amide bonds. The number of benzene rings is 2. The second-order valence-electron chi connectivity index (χ2n) is 7.02. The molecule has 0 aliphatic rings. The lowest BCUT2D eigenvalue weighted by molar-refractivity contribution is -0.118. The van der Waals surface area contributed by atoms with Crippen LogP contribution in [0.4, 0.5) is 5.69 Å². The third-order valence-electron chi connectivity index (χ3n) is 4.44.